The molecule has 0 spiro atoms. The van der Waals surface area contributed by atoms with Gasteiger partial charge in [0.05, 0.1) is 12.1 Å². The van der Waals surface area contributed by atoms with Gasteiger partial charge in [-0.05, 0) is 23.8 Å². The molecular formula is C13H15NO4. The summed E-state index contributed by atoms with van der Waals surface area (Å²) >= 11 is 0. The van der Waals surface area contributed by atoms with Crippen LogP contribution >= 0.6 is 0 Å². The molecule has 0 saturated heterocycles. The maximum absolute atomic E-state index is 11.4. The first kappa shape index (κ1) is 13.9. The van der Waals surface area contributed by atoms with Gasteiger partial charge >= 0.3 is 11.9 Å². The van der Waals surface area contributed by atoms with Crippen LogP contribution in [0.15, 0.2) is 24.9 Å². The Morgan fingerprint density at radius 1 is 1.39 bits per heavy atom. The van der Waals surface area contributed by atoms with Crippen LogP contribution in [0.4, 0.5) is 0 Å². The molecule has 0 saturated carbocycles. The molecule has 0 atom stereocenters. The van der Waals surface area contributed by atoms with Gasteiger partial charge in [-0.1, -0.05) is 13.5 Å². The van der Waals surface area contributed by atoms with Crippen LogP contribution in [0.1, 0.15) is 24.6 Å². The molecule has 1 aromatic heterocycles. The lowest BCUT2D eigenvalue weighted by Crippen LogP contribution is -2.13. The first-order chi connectivity index (χ1) is 8.65. The van der Waals surface area contributed by atoms with Crippen LogP contribution in [0.5, 0.6) is 0 Å². The van der Waals surface area contributed by atoms with Crippen molar-refractivity contribution in [2.24, 2.45) is 0 Å². The summed E-state index contributed by atoms with van der Waals surface area (Å²) in [6.07, 6.45) is 3.55. The van der Waals surface area contributed by atoms with Gasteiger partial charge in [0.2, 0.25) is 6.79 Å². The molecule has 0 bridgehead atoms. The van der Waals surface area contributed by atoms with Crippen molar-refractivity contribution in [2.75, 3.05) is 6.79 Å². The first-order valence-electron chi connectivity index (χ1n) is 5.54. The summed E-state index contributed by atoms with van der Waals surface area (Å²) in [5.74, 6) is -0.860. The average molecular weight is 249 g/mol. The van der Waals surface area contributed by atoms with Gasteiger partial charge in [-0.3, -0.25) is 14.6 Å². The zero-order chi connectivity index (χ0) is 13.4. The van der Waals surface area contributed by atoms with Gasteiger partial charge in [0.15, 0.2) is 0 Å². The van der Waals surface area contributed by atoms with Crippen LogP contribution in [0.3, 0.4) is 0 Å². The molecular weight excluding hydrogens is 234 g/mol. The summed E-state index contributed by atoms with van der Waals surface area (Å²) in [6.45, 7) is 4.92. The third kappa shape index (κ3) is 4.78. The normalized spacial score (nSPS) is 9.61. The Kier molecular flexibility index (Phi) is 5.57. The van der Waals surface area contributed by atoms with E-state index in [9.17, 15) is 9.59 Å². The first-order valence-corrected chi connectivity index (χ1v) is 5.54. The zero-order valence-electron chi connectivity index (χ0n) is 10.2. The number of esters is 2. The van der Waals surface area contributed by atoms with Gasteiger partial charge in [-0.2, -0.15) is 0 Å². The highest BCUT2D eigenvalue weighted by molar-refractivity contribution is 5.73. The van der Waals surface area contributed by atoms with Crippen LogP contribution in [0, 0.1) is 0 Å². The summed E-state index contributed by atoms with van der Waals surface area (Å²) in [6, 6.07) is 3.46. The molecule has 0 aliphatic carbocycles. The number of hydrogen-bond acceptors (Lipinski definition) is 5. The minimum atomic E-state index is -0.458. The number of ether oxygens (including phenoxy) is 2. The molecule has 1 heterocycles. The van der Waals surface area contributed by atoms with Crippen molar-refractivity contribution in [1.29, 1.82) is 0 Å². The van der Waals surface area contributed by atoms with Crippen molar-refractivity contribution in [3.63, 3.8) is 0 Å². The Hall–Kier alpha value is -2.17. The third-order valence-electron chi connectivity index (χ3n) is 2.13. The fourth-order valence-corrected chi connectivity index (χ4v) is 1.20. The average Bonchev–Trinajstić information content (AvgIpc) is 2.38. The van der Waals surface area contributed by atoms with Crippen LogP contribution in [-0.4, -0.2) is 23.7 Å². The highest BCUT2D eigenvalue weighted by Gasteiger charge is 2.06. The van der Waals surface area contributed by atoms with Gasteiger partial charge < -0.3 is 9.47 Å². The highest BCUT2D eigenvalue weighted by Crippen LogP contribution is 2.04. The Labute approximate surface area is 105 Å². The minimum Gasteiger partial charge on any atom is -0.428 e. The van der Waals surface area contributed by atoms with E-state index < -0.39 is 11.9 Å². The van der Waals surface area contributed by atoms with Gasteiger partial charge in [0, 0.05) is 12.6 Å². The second-order valence-electron chi connectivity index (χ2n) is 3.47. The van der Waals surface area contributed by atoms with Gasteiger partial charge in [-0.25, -0.2) is 0 Å². The highest BCUT2D eigenvalue weighted by atomic mass is 16.7. The molecule has 1 rings (SSSR count). The summed E-state index contributed by atoms with van der Waals surface area (Å²) in [7, 11) is 0. The van der Waals surface area contributed by atoms with Gasteiger partial charge in [-0.15, -0.1) is 0 Å². The Bertz CT molecular complexity index is 442. The molecule has 1 aromatic rings. The van der Waals surface area contributed by atoms with Crippen molar-refractivity contribution in [1.82, 2.24) is 4.98 Å². The van der Waals surface area contributed by atoms with Crippen LogP contribution in [0.2, 0.25) is 0 Å². The lowest BCUT2D eigenvalue weighted by Gasteiger charge is -2.05. The topological polar surface area (TPSA) is 65.5 Å². The standard InChI is InChI=1S/C13H15NO4/c1-3-11-7-10(5-6-14-11)8-13(16)18-9-17-12(15)4-2/h3,5-7H,1,4,8-9H2,2H3. The summed E-state index contributed by atoms with van der Waals surface area (Å²) in [5, 5.41) is 0. The number of hydrogen-bond donors (Lipinski definition) is 0. The third-order valence-corrected chi connectivity index (χ3v) is 2.13. The molecule has 0 aromatic carbocycles. The van der Waals surface area contributed by atoms with E-state index in [-0.39, 0.29) is 19.6 Å². The smallest absolute Gasteiger partial charge is 0.313 e. The Morgan fingerprint density at radius 3 is 2.78 bits per heavy atom. The number of aromatic nitrogens is 1. The van der Waals surface area contributed by atoms with E-state index in [1.807, 2.05) is 0 Å². The number of pyridine rings is 1. The van der Waals surface area contributed by atoms with Crippen molar-refractivity contribution in [3.05, 3.63) is 36.2 Å². The van der Waals surface area contributed by atoms with E-state index in [2.05, 4.69) is 16.3 Å². The van der Waals surface area contributed by atoms with Gasteiger partial charge in [0.25, 0.3) is 0 Å². The second-order valence-corrected chi connectivity index (χ2v) is 3.47. The molecule has 96 valence electrons. The van der Waals surface area contributed by atoms with Crippen LogP contribution in [0.25, 0.3) is 6.08 Å². The number of nitrogens with zero attached hydrogens (tertiary/aromatic N) is 1. The predicted molar refractivity (Wildman–Crippen MR) is 65.4 cm³/mol. The second kappa shape index (κ2) is 7.21. The monoisotopic (exact) mass is 249 g/mol. The molecule has 0 fully saturated rings. The van der Waals surface area contributed by atoms with Crippen molar-refractivity contribution < 1.29 is 19.1 Å². The summed E-state index contributed by atoms with van der Waals surface area (Å²) in [5.41, 5.74) is 1.46. The molecule has 0 aliphatic heterocycles. The predicted octanol–water partition coefficient (Wildman–Crippen LogP) is 1.72. The van der Waals surface area contributed by atoms with E-state index in [0.717, 1.165) is 5.56 Å². The number of carbonyl (C=O) groups excluding carboxylic acids is 2. The zero-order valence-corrected chi connectivity index (χ0v) is 10.2. The van der Waals surface area contributed by atoms with Crippen LogP contribution < -0.4 is 0 Å². The van der Waals surface area contributed by atoms with E-state index in [1.54, 1.807) is 31.3 Å². The van der Waals surface area contributed by atoms with E-state index >= 15 is 0 Å². The molecule has 0 radical (unpaired) electrons. The Balaban J connectivity index is 2.39. The maximum atomic E-state index is 11.4. The van der Waals surface area contributed by atoms with E-state index in [1.165, 1.54) is 0 Å². The number of carbonyl (C=O) groups is 2. The Morgan fingerprint density at radius 2 is 2.11 bits per heavy atom. The lowest BCUT2D eigenvalue weighted by molar-refractivity contribution is -0.166. The molecule has 5 heteroatoms. The largest absolute Gasteiger partial charge is 0.428 e. The number of rotatable bonds is 6. The van der Waals surface area contributed by atoms with Crippen molar-refractivity contribution in [3.8, 4) is 0 Å². The fourth-order valence-electron chi connectivity index (χ4n) is 1.20. The molecule has 0 amide bonds. The molecule has 5 nitrogen and oxygen atoms in total. The summed E-state index contributed by atoms with van der Waals surface area (Å²) < 4.78 is 9.40. The van der Waals surface area contributed by atoms with E-state index in [4.69, 9.17) is 4.74 Å². The molecule has 18 heavy (non-hydrogen) atoms. The minimum absolute atomic E-state index is 0.104. The molecule has 0 aliphatic rings. The van der Waals surface area contributed by atoms with Crippen LogP contribution in [-0.2, 0) is 25.5 Å². The molecule has 0 unspecified atom stereocenters. The fraction of sp³-hybridized carbons (Fsp3) is 0.308. The molecule has 0 N–H and O–H groups in total. The lowest BCUT2D eigenvalue weighted by atomic mass is 10.1. The van der Waals surface area contributed by atoms with Crippen molar-refractivity contribution in [2.45, 2.75) is 19.8 Å². The maximum Gasteiger partial charge on any atom is 0.313 e. The SMILES string of the molecule is C=Cc1cc(CC(=O)OCOC(=O)CC)ccn1. The quantitative estimate of drug-likeness (QED) is 0.567. The summed E-state index contributed by atoms with van der Waals surface area (Å²) in [4.78, 5) is 26.2. The van der Waals surface area contributed by atoms with Crippen molar-refractivity contribution >= 4 is 18.0 Å². The van der Waals surface area contributed by atoms with Gasteiger partial charge in [0.1, 0.15) is 0 Å². The van der Waals surface area contributed by atoms with E-state index in [0.29, 0.717) is 5.69 Å².